The first kappa shape index (κ1) is 37.4. The fourth-order valence-electron chi connectivity index (χ4n) is 7.31. The topological polar surface area (TPSA) is 137 Å². The second-order valence-electron chi connectivity index (χ2n) is 14.9. The lowest BCUT2D eigenvalue weighted by Gasteiger charge is -2.38. The molecule has 2 aliphatic rings. The Morgan fingerprint density at radius 1 is 0.906 bits per heavy atom. The number of azide groups is 1. The molecule has 0 saturated carbocycles. The smallest absolute Gasteiger partial charge is 0.411 e. The van der Waals surface area contributed by atoms with Crippen LogP contribution in [-0.4, -0.2) is 70.6 Å². The van der Waals surface area contributed by atoms with Gasteiger partial charge in [0.15, 0.2) is 0 Å². The van der Waals surface area contributed by atoms with Crippen LogP contribution in [0.5, 0.6) is 0 Å². The molecule has 0 aliphatic carbocycles. The van der Waals surface area contributed by atoms with E-state index in [0.717, 1.165) is 33.0 Å². The molecule has 0 unspecified atom stereocenters. The summed E-state index contributed by atoms with van der Waals surface area (Å²) in [5.74, 6) is -0.629. The maximum absolute atomic E-state index is 14.7. The van der Waals surface area contributed by atoms with Gasteiger partial charge in [-0.2, -0.15) is 0 Å². The molecule has 3 amide bonds. The molecule has 1 N–H and O–H groups in total. The van der Waals surface area contributed by atoms with Crippen LogP contribution in [0.3, 0.4) is 0 Å². The summed E-state index contributed by atoms with van der Waals surface area (Å²) in [7, 11) is 0. The van der Waals surface area contributed by atoms with Crippen LogP contribution in [0.1, 0.15) is 62.3 Å². The van der Waals surface area contributed by atoms with E-state index in [1.165, 1.54) is 4.90 Å². The normalized spacial score (nSPS) is 18.9. The van der Waals surface area contributed by atoms with Crippen molar-refractivity contribution in [2.75, 3.05) is 13.1 Å². The summed E-state index contributed by atoms with van der Waals surface area (Å²) < 4.78 is 12.2. The van der Waals surface area contributed by atoms with E-state index in [0.29, 0.717) is 45.4 Å². The number of carbonyl (C=O) groups is 3. The molecule has 1 fully saturated rings. The highest BCUT2D eigenvalue weighted by Gasteiger charge is 2.42. The lowest BCUT2D eigenvalue weighted by Crippen LogP contribution is -2.58. The Hall–Kier alpha value is -5.38. The standard InChI is InChI=1S/C42H48N6O5/c1-42(2,3)53-41(51)48-26-34-17-10-9-16-33(34)24-38(48)39(49)45-37(23-29-12-5-4-6-13-29)40(50)47-27-36(25-35(47)18-11-21-44-46-43)52-28-30-19-20-31-14-7-8-15-32(31)22-30/h4-10,12-17,19-20,22,35-38H,11,18,21,23-28H2,1-3H3,(H,45,49)/t35-,36+,37+,38-/m0/s1. The number of fused-ring (bicyclic) bond motifs is 2. The van der Waals surface area contributed by atoms with E-state index in [4.69, 9.17) is 15.0 Å². The monoisotopic (exact) mass is 716 g/mol. The van der Waals surface area contributed by atoms with Gasteiger partial charge in [-0.05, 0) is 84.7 Å². The third kappa shape index (κ3) is 9.74. The average molecular weight is 717 g/mol. The van der Waals surface area contributed by atoms with Crippen molar-refractivity contribution in [3.8, 4) is 0 Å². The zero-order chi connectivity index (χ0) is 37.4. The van der Waals surface area contributed by atoms with Crippen molar-refractivity contribution in [1.29, 1.82) is 0 Å². The number of rotatable bonds is 12. The van der Waals surface area contributed by atoms with Crippen LogP contribution < -0.4 is 5.32 Å². The van der Waals surface area contributed by atoms with Crippen LogP contribution in [0, 0.1) is 0 Å². The van der Waals surface area contributed by atoms with Gasteiger partial charge in [-0.1, -0.05) is 96.1 Å². The van der Waals surface area contributed by atoms with Gasteiger partial charge < -0.3 is 19.7 Å². The molecule has 0 spiro atoms. The summed E-state index contributed by atoms with van der Waals surface area (Å²) in [6.07, 6.45) is 1.61. The minimum atomic E-state index is -0.901. The van der Waals surface area contributed by atoms with Crippen LogP contribution in [-0.2, 0) is 45.1 Å². The molecule has 0 bridgehead atoms. The number of nitrogens with zero attached hydrogens (tertiary/aromatic N) is 5. The summed E-state index contributed by atoms with van der Waals surface area (Å²) >= 11 is 0. The molecule has 11 nitrogen and oxygen atoms in total. The molecular weight excluding hydrogens is 668 g/mol. The number of benzene rings is 4. The zero-order valence-electron chi connectivity index (χ0n) is 30.7. The molecule has 276 valence electrons. The molecule has 2 aliphatic heterocycles. The van der Waals surface area contributed by atoms with Gasteiger partial charge in [-0.3, -0.25) is 14.5 Å². The van der Waals surface area contributed by atoms with E-state index in [2.05, 4.69) is 45.7 Å². The molecule has 4 aromatic rings. The minimum Gasteiger partial charge on any atom is -0.444 e. The van der Waals surface area contributed by atoms with E-state index in [1.54, 1.807) is 20.8 Å². The Balaban J connectivity index is 1.23. The number of ether oxygens (including phenoxy) is 2. The molecule has 1 saturated heterocycles. The lowest BCUT2D eigenvalue weighted by atomic mass is 9.93. The highest BCUT2D eigenvalue weighted by Crippen LogP contribution is 2.29. The molecule has 4 aromatic carbocycles. The van der Waals surface area contributed by atoms with Crippen molar-refractivity contribution >= 4 is 28.7 Å². The van der Waals surface area contributed by atoms with Gasteiger partial charge in [-0.25, -0.2) is 4.79 Å². The highest BCUT2D eigenvalue weighted by atomic mass is 16.6. The summed E-state index contributed by atoms with van der Waals surface area (Å²) in [5.41, 5.74) is 12.0. The number of hydrogen-bond donors (Lipinski definition) is 1. The minimum absolute atomic E-state index is 0.173. The predicted molar refractivity (Wildman–Crippen MR) is 204 cm³/mol. The SMILES string of the molecule is CC(C)(C)OC(=O)N1Cc2ccccc2C[C@H]1C(=O)N[C@H](Cc1ccccc1)C(=O)N1C[C@H](OCc2ccc3ccccc3c2)C[C@@H]1CCCN=[N+]=[N-]. The average Bonchev–Trinajstić information content (AvgIpc) is 3.57. The van der Waals surface area contributed by atoms with E-state index in [-0.39, 0.29) is 31.0 Å². The Kier molecular flexibility index (Phi) is 12.0. The zero-order valence-corrected chi connectivity index (χ0v) is 30.7. The fraction of sp³-hybridized carbons (Fsp3) is 0.405. The molecule has 0 radical (unpaired) electrons. The van der Waals surface area contributed by atoms with Gasteiger partial charge in [-0.15, -0.1) is 0 Å². The van der Waals surface area contributed by atoms with Crippen molar-refractivity contribution in [3.05, 3.63) is 130 Å². The number of nitrogens with one attached hydrogen (secondary N) is 1. The lowest BCUT2D eigenvalue weighted by molar-refractivity contribution is -0.139. The van der Waals surface area contributed by atoms with Gasteiger partial charge in [0.25, 0.3) is 0 Å². The van der Waals surface area contributed by atoms with Gasteiger partial charge in [0, 0.05) is 36.9 Å². The highest BCUT2D eigenvalue weighted by molar-refractivity contribution is 5.92. The van der Waals surface area contributed by atoms with Crippen LogP contribution in [0.4, 0.5) is 4.79 Å². The number of hydrogen-bond acceptors (Lipinski definition) is 6. The Labute approximate surface area is 310 Å². The summed E-state index contributed by atoms with van der Waals surface area (Å²) in [5, 5.41) is 9.10. The quantitative estimate of drug-likeness (QED) is 0.0701. The van der Waals surface area contributed by atoms with E-state index in [1.807, 2.05) is 71.6 Å². The molecule has 0 aromatic heterocycles. The number of likely N-dealkylation sites (tertiary alicyclic amines) is 1. The third-order valence-corrected chi connectivity index (χ3v) is 9.89. The molecular formula is C42H48N6O5. The molecule has 6 rings (SSSR count). The van der Waals surface area contributed by atoms with Gasteiger partial charge in [0.2, 0.25) is 11.8 Å². The number of carbonyl (C=O) groups excluding carboxylic acids is 3. The maximum atomic E-state index is 14.7. The van der Waals surface area contributed by atoms with Crippen molar-refractivity contribution in [3.63, 3.8) is 0 Å². The Bertz CT molecular complexity index is 1960. The van der Waals surface area contributed by atoms with Crippen LogP contribution in [0.15, 0.2) is 102 Å². The van der Waals surface area contributed by atoms with Crippen LogP contribution in [0.2, 0.25) is 0 Å². The van der Waals surface area contributed by atoms with Crippen molar-refractivity contribution in [2.45, 2.75) is 95.9 Å². The van der Waals surface area contributed by atoms with E-state index in [9.17, 15) is 14.4 Å². The van der Waals surface area contributed by atoms with E-state index >= 15 is 0 Å². The fourth-order valence-corrected chi connectivity index (χ4v) is 7.31. The largest absolute Gasteiger partial charge is 0.444 e. The second kappa shape index (κ2) is 17.0. The summed E-state index contributed by atoms with van der Waals surface area (Å²) in [4.78, 5) is 48.8. The first-order valence-electron chi connectivity index (χ1n) is 18.4. The van der Waals surface area contributed by atoms with Gasteiger partial charge in [0.05, 0.1) is 19.3 Å². The van der Waals surface area contributed by atoms with Crippen molar-refractivity contribution in [2.24, 2.45) is 5.11 Å². The van der Waals surface area contributed by atoms with Gasteiger partial charge in [0.1, 0.15) is 17.7 Å². The van der Waals surface area contributed by atoms with E-state index < -0.39 is 29.7 Å². The van der Waals surface area contributed by atoms with Crippen molar-refractivity contribution < 1.29 is 23.9 Å². The molecule has 4 atom stereocenters. The van der Waals surface area contributed by atoms with Gasteiger partial charge >= 0.3 is 6.09 Å². The third-order valence-electron chi connectivity index (χ3n) is 9.89. The van der Waals surface area contributed by atoms with Crippen LogP contribution >= 0.6 is 0 Å². The Morgan fingerprint density at radius 3 is 2.38 bits per heavy atom. The number of amides is 3. The first-order chi connectivity index (χ1) is 25.6. The maximum Gasteiger partial charge on any atom is 0.411 e. The summed E-state index contributed by atoms with van der Waals surface area (Å²) in [6.45, 7) is 6.69. The predicted octanol–water partition coefficient (Wildman–Crippen LogP) is 7.51. The Morgan fingerprint density at radius 2 is 1.62 bits per heavy atom. The van der Waals surface area contributed by atoms with Crippen molar-refractivity contribution in [1.82, 2.24) is 15.1 Å². The first-order valence-corrected chi connectivity index (χ1v) is 18.4. The summed E-state index contributed by atoms with van der Waals surface area (Å²) in [6, 6.07) is 29.9. The molecule has 53 heavy (non-hydrogen) atoms. The molecule has 2 heterocycles. The van der Waals surface area contributed by atoms with Crippen LogP contribution in [0.25, 0.3) is 21.2 Å². The molecule has 11 heteroatoms. The second-order valence-corrected chi connectivity index (χ2v) is 14.9.